The number of carbonyl (C=O) groups is 1. The molecule has 1 amide bonds. The molecule has 0 bridgehead atoms. The molecule has 0 aliphatic rings. The molecule has 0 saturated heterocycles. The number of rotatable bonds is 7. The van der Waals surface area contributed by atoms with Crippen LogP contribution in [-0.2, 0) is 4.79 Å². The Bertz CT molecular complexity index is 989. The zero-order valence-electron chi connectivity index (χ0n) is 16.0. The maximum absolute atomic E-state index is 12.4. The van der Waals surface area contributed by atoms with Gasteiger partial charge in [0.05, 0.1) is 24.7 Å². The molecule has 0 unspecified atom stereocenters. The van der Waals surface area contributed by atoms with Gasteiger partial charge in [0.1, 0.15) is 17.2 Å². The molecule has 0 saturated carbocycles. The van der Waals surface area contributed by atoms with E-state index in [2.05, 4.69) is 21.2 Å². The molecule has 0 aliphatic carbocycles. The summed E-state index contributed by atoms with van der Waals surface area (Å²) in [6, 6.07) is 17.0. The third kappa shape index (κ3) is 4.39. The van der Waals surface area contributed by atoms with E-state index in [0.29, 0.717) is 17.2 Å². The van der Waals surface area contributed by atoms with Crippen LogP contribution in [0.5, 0.6) is 17.2 Å². The van der Waals surface area contributed by atoms with Crippen molar-refractivity contribution in [2.24, 2.45) is 0 Å². The number of benzene rings is 3. The summed E-state index contributed by atoms with van der Waals surface area (Å²) < 4.78 is 17.2. The van der Waals surface area contributed by atoms with Crippen molar-refractivity contribution in [3.63, 3.8) is 0 Å². The van der Waals surface area contributed by atoms with Gasteiger partial charge in [-0.1, -0.05) is 30.3 Å². The molecule has 5 nitrogen and oxygen atoms in total. The van der Waals surface area contributed by atoms with E-state index in [4.69, 9.17) is 14.2 Å². The van der Waals surface area contributed by atoms with E-state index in [1.165, 1.54) is 0 Å². The standard InChI is InChI=1S/C22H22BrNO4/c1-14(18-12-16(26-2)9-11-19(18)27-3)24-21(25)13-28-20-10-8-15-6-4-5-7-17(15)22(20)23/h4-12,14H,13H2,1-3H3,(H,24,25)/t14-/m0/s1. The molecule has 0 aromatic heterocycles. The Morgan fingerprint density at radius 1 is 1.04 bits per heavy atom. The summed E-state index contributed by atoms with van der Waals surface area (Å²) in [5, 5.41) is 5.07. The molecule has 146 valence electrons. The van der Waals surface area contributed by atoms with Gasteiger partial charge in [-0.3, -0.25) is 4.79 Å². The monoisotopic (exact) mass is 443 g/mol. The van der Waals surface area contributed by atoms with E-state index < -0.39 is 0 Å². The third-order valence-electron chi connectivity index (χ3n) is 4.47. The molecule has 3 aromatic rings. The predicted molar refractivity (Wildman–Crippen MR) is 113 cm³/mol. The van der Waals surface area contributed by atoms with Crippen molar-refractivity contribution in [2.45, 2.75) is 13.0 Å². The summed E-state index contributed by atoms with van der Waals surface area (Å²) in [5.41, 5.74) is 0.835. The minimum atomic E-state index is -0.263. The Balaban J connectivity index is 1.67. The van der Waals surface area contributed by atoms with Crippen LogP contribution < -0.4 is 19.5 Å². The summed E-state index contributed by atoms with van der Waals surface area (Å²) in [6.45, 7) is 1.80. The second-order valence-corrected chi connectivity index (χ2v) is 7.08. The van der Waals surface area contributed by atoms with Gasteiger partial charge in [0.25, 0.3) is 5.91 Å². The van der Waals surface area contributed by atoms with Crippen molar-refractivity contribution >= 4 is 32.6 Å². The molecule has 6 heteroatoms. The summed E-state index contributed by atoms with van der Waals surface area (Å²) in [6.07, 6.45) is 0. The van der Waals surface area contributed by atoms with E-state index in [-0.39, 0.29) is 18.6 Å². The Labute approximate surface area is 172 Å². The van der Waals surface area contributed by atoms with Gasteiger partial charge in [0.2, 0.25) is 0 Å². The maximum Gasteiger partial charge on any atom is 0.258 e. The van der Waals surface area contributed by atoms with Crippen LogP contribution in [0, 0.1) is 0 Å². The van der Waals surface area contributed by atoms with Crippen LogP contribution in [0.4, 0.5) is 0 Å². The summed E-state index contributed by atoms with van der Waals surface area (Å²) in [4.78, 5) is 12.4. The van der Waals surface area contributed by atoms with Gasteiger partial charge in [-0.2, -0.15) is 0 Å². The van der Waals surface area contributed by atoms with Crippen LogP contribution in [0.2, 0.25) is 0 Å². The highest BCUT2D eigenvalue weighted by Gasteiger charge is 2.16. The van der Waals surface area contributed by atoms with Gasteiger partial charge in [0, 0.05) is 5.56 Å². The highest BCUT2D eigenvalue weighted by atomic mass is 79.9. The first-order valence-electron chi connectivity index (χ1n) is 8.84. The smallest absolute Gasteiger partial charge is 0.258 e. The molecule has 0 radical (unpaired) electrons. The first kappa shape index (κ1) is 20.0. The third-order valence-corrected chi connectivity index (χ3v) is 5.29. The van der Waals surface area contributed by atoms with E-state index in [1.807, 2.05) is 61.5 Å². The Morgan fingerprint density at radius 2 is 1.79 bits per heavy atom. The molecule has 0 heterocycles. The number of methoxy groups -OCH3 is 2. The van der Waals surface area contributed by atoms with Gasteiger partial charge < -0.3 is 19.5 Å². The van der Waals surface area contributed by atoms with Crippen molar-refractivity contribution in [3.8, 4) is 17.2 Å². The lowest BCUT2D eigenvalue weighted by Crippen LogP contribution is -2.31. The number of carbonyl (C=O) groups excluding carboxylic acids is 1. The minimum Gasteiger partial charge on any atom is -0.497 e. The van der Waals surface area contributed by atoms with Crippen LogP contribution in [0.15, 0.2) is 59.1 Å². The fraction of sp³-hybridized carbons (Fsp3) is 0.227. The summed E-state index contributed by atoms with van der Waals surface area (Å²) >= 11 is 3.57. The molecule has 28 heavy (non-hydrogen) atoms. The Morgan fingerprint density at radius 3 is 2.54 bits per heavy atom. The quantitative estimate of drug-likeness (QED) is 0.565. The lowest BCUT2D eigenvalue weighted by Gasteiger charge is -2.18. The Hall–Kier alpha value is -2.73. The van der Waals surface area contributed by atoms with Crippen molar-refractivity contribution in [2.75, 3.05) is 20.8 Å². The van der Waals surface area contributed by atoms with E-state index in [0.717, 1.165) is 20.8 Å². The van der Waals surface area contributed by atoms with E-state index in [1.54, 1.807) is 14.2 Å². The maximum atomic E-state index is 12.4. The lowest BCUT2D eigenvalue weighted by atomic mass is 10.1. The number of halogens is 1. The molecule has 0 spiro atoms. The normalized spacial score (nSPS) is 11.7. The van der Waals surface area contributed by atoms with E-state index >= 15 is 0 Å². The first-order valence-corrected chi connectivity index (χ1v) is 9.64. The van der Waals surface area contributed by atoms with Gasteiger partial charge in [0.15, 0.2) is 6.61 Å². The average Bonchev–Trinajstić information content (AvgIpc) is 2.72. The van der Waals surface area contributed by atoms with Crippen LogP contribution in [-0.4, -0.2) is 26.7 Å². The number of amides is 1. The topological polar surface area (TPSA) is 56.8 Å². The fourth-order valence-electron chi connectivity index (χ4n) is 3.01. The molecular formula is C22H22BrNO4. The van der Waals surface area contributed by atoms with Gasteiger partial charge in [-0.25, -0.2) is 0 Å². The van der Waals surface area contributed by atoms with Crippen LogP contribution in [0.1, 0.15) is 18.5 Å². The molecule has 0 fully saturated rings. The van der Waals surface area contributed by atoms with Crippen molar-refractivity contribution in [1.82, 2.24) is 5.32 Å². The van der Waals surface area contributed by atoms with Gasteiger partial charge in [-0.05, 0) is 57.9 Å². The second-order valence-electron chi connectivity index (χ2n) is 6.28. The van der Waals surface area contributed by atoms with Gasteiger partial charge >= 0.3 is 0 Å². The Kier molecular flexibility index (Phi) is 6.41. The molecule has 1 N–H and O–H groups in total. The number of hydrogen-bond donors (Lipinski definition) is 1. The predicted octanol–water partition coefficient (Wildman–Crippen LogP) is 4.88. The molecule has 3 rings (SSSR count). The lowest BCUT2D eigenvalue weighted by molar-refractivity contribution is -0.123. The zero-order chi connectivity index (χ0) is 20.1. The highest BCUT2D eigenvalue weighted by Crippen LogP contribution is 2.33. The summed E-state index contributed by atoms with van der Waals surface area (Å²) in [5.74, 6) is 1.79. The van der Waals surface area contributed by atoms with Gasteiger partial charge in [-0.15, -0.1) is 0 Å². The molecule has 1 atom stereocenters. The van der Waals surface area contributed by atoms with Crippen molar-refractivity contribution in [1.29, 1.82) is 0 Å². The number of hydrogen-bond acceptors (Lipinski definition) is 4. The SMILES string of the molecule is COc1ccc(OC)c([C@H](C)NC(=O)COc2ccc3ccccc3c2Br)c1. The molecule has 3 aromatic carbocycles. The molecular weight excluding hydrogens is 422 g/mol. The summed E-state index contributed by atoms with van der Waals surface area (Å²) in [7, 11) is 3.20. The average molecular weight is 444 g/mol. The highest BCUT2D eigenvalue weighted by molar-refractivity contribution is 9.10. The van der Waals surface area contributed by atoms with E-state index in [9.17, 15) is 4.79 Å². The zero-order valence-corrected chi connectivity index (χ0v) is 17.6. The second kappa shape index (κ2) is 8.97. The van der Waals surface area contributed by atoms with Crippen LogP contribution in [0.25, 0.3) is 10.8 Å². The number of nitrogens with one attached hydrogen (secondary N) is 1. The number of fused-ring (bicyclic) bond motifs is 1. The van der Waals surface area contributed by atoms with Crippen molar-refractivity contribution in [3.05, 3.63) is 64.6 Å². The van der Waals surface area contributed by atoms with Crippen LogP contribution >= 0.6 is 15.9 Å². The largest absolute Gasteiger partial charge is 0.497 e. The number of ether oxygens (including phenoxy) is 3. The molecule has 0 aliphatic heterocycles. The van der Waals surface area contributed by atoms with Crippen molar-refractivity contribution < 1.29 is 19.0 Å². The fourth-order valence-corrected chi connectivity index (χ4v) is 3.61. The first-order chi connectivity index (χ1) is 13.5. The minimum absolute atomic E-state index is 0.0897. The van der Waals surface area contributed by atoms with Crippen LogP contribution in [0.3, 0.4) is 0 Å².